The van der Waals surface area contributed by atoms with E-state index in [1.807, 2.05) is 0 Å². The van der Waals surface area contributed by atoms with E-state index in [2.05, 4.69) is 138 Å². The van der Waals surface area contributed by atoms with Gasteiger partial charge >= 0.3 is 0 Å². The van der Waals surface area contributed by atoms with Gasteiger partial charge in [-0.2, -0.15) is 0 Å². The smallest absolute Gasteiger partial charge is 0.0590 e. The molecule has 2 nitrogen and oxygen atoms in total. The number of hydrogen-bond donors (Lipinski definition) is 1. The molecule has 0 fully saturated rings. The molecule has 3 aliphatic rings. The fourth-order valence-corrected chi connectivity index (χ4v) is 6.57. The van der Waals surface area contributed by atoms with E-state index in [0.29, 0.717) is 11.8 Å². The molecule has 0 spiro atoms. The highest BCUT2D eigenvalue weighted by Crippen LogP contribution is 2.54. The molecule has 37 heavy (non-hydrogen) atoms. The van der Waals surface area contributed by atoms with Crippen LogP contribution in [0.3, 0.4) is 0 Å². The van der Waals surface area contributed by atoms with E-state index in [0.717, 1.165) is 0 Å². The van der Waals surface area contributed by atoms with Gasteiger partial charge < -0.3 is 9.88 Å². The first-order valence-corrected chi connectivity index (χ1v) is 13.1. The lowest BCUT2D eigenvalue weighted by atomic mass is 9.76. The predicted octanol–water partition coefficient (Wildman–Crippen LogP) is 9.17. The Labute approximate surface area is 216 Å². The third-order valence-electron chi connectivity index (χ3n) is 8.21. The first-order chi connectivity index (χ1) is 18.3. The van der Waals surface area contributed by atoms with Gasteiger partial charge in [0.25, 0.3) is 0 Å². The van der Waals surface area contributed by atoms with E-state index >= 15 is 0 Å². The van der Waals surface area contributed by atoms with E-state index in [4.69, 9.17) is 0 Å². The fourth-order valence-electron chi connectivity index (χ4n) is 6.57. The lowest BCUT2D eigenvalue weighted by Gasteiger charge is -2.37. The highest BCUT2D eigenvalue weighted by Gasteiger charge is 2.37. The largest absolute Gasteiger partial charge is 0.353 e. The summed E-state index contributed by atoms with van der Waals surface area (Å²) in [6.45, 7) is 2.35. The Balaban J connectivity index is 1.56. The molecule has 2 heterocycles. The molecule has 2 atom stereocenters. The first-order valence-electron chi connectivity index (χ1n) is 13.1. The molecule has 4 aromatic carbocycles. The highest BCUT2D eigenvalue weighted by atomic mass is 15.2. The number of nitrogens with zero attached hydrogens (tertiary/aromatic N) is 1. The lowest BCUT2D eigenvalue weighted by Crippen LogP contribution is -2.26. The topological polar surface area (TPSA) is 19.0 Å². The summed E-state index contributed by atoms with van der Waals surface area (Å²) in [7, 11) is 0. The van der Waals surface area contributed by atoms with Crippen LogP contribution in [-0.4, -0.2) is 4.98 Å². The van der Waals surface area contributed by atoms with Gasteiger partial charge in [-0.15, -0.1) is 0 Å². The van der Waals surface area contributed by atoms with Crippen molar-refractivity contribution in [1.82, 2.24) is 4.98 Å². The number of nitrogens with one attached hydrogen (secondary N) is 1. The maximum atomic E-state index is 3.96. The van der Waals surface area contributed by atoms with E-state index in [1.54, 1.807) is 0 Å². The molecule has 5 aromatic rings. The zero-order chi connectivity index (χ0) is 24.5. The second kappa shape index (κ2) is 7.72. The van der Waals surface area contributed by atoms with Crippen LogP contribution in [0.15, 0.2) is 133 Å². The predicted molar refractivity (Wildman–Crippen MR) is 156 cm³/mol. The Morgan fingerprint density at radius 2 is 1.57 bits per heavy atom. The van der Waals surface area contributed by atoms with E-state index in [1.165, 1.54) is 66.7 Å². The van der Waals surface area contributed by atoms with Crippen LogP contribution >= 0.6 is 0 Å². The number of anilines is 2. The van der Waals surface area contributed by atoms with Crippen LogP contribution in [0.4, 0.5) is 11.4 Å². The van der Waals surface area contributed by atoms with Gasteiger partial charge in [0.1, 0.15) is 0 Å². The van der Waals surface area contributed by atoms with Crippen molar-refractivity contribution < 1.29 is 0 Å². The molecule has 0 saturated heterocycles. The molecule has 8 rings (SSSR count). The van der Waals surface area contributed by atoms with Crippen LogP contribution in [0, 0.1) is 11.8 Å². The number of aromatic amines is 1. The Bertz CT molecular complexity index is 1840. The minimum atomic E-state index is 0.355. The molecule has 2 aliphatic carbocycles. The van der Waals surface area contributed by atoms with Crippen LogP contribution in [0.25, 0.3) is 38.4 Å². The van der Waals surface area contributed by atoms with Gasteiger partial charge in [-0.05, 0) is 35.1 Å². The Morgan fingerprint density at radius 1 is 0.757 bits per heavy atom. The standard InChI is InChI=1S/C35H26N2/c1-22-21-30-34-32(29-20-19-23-11-5-6-15-26(23)33(29)36-34)28-17-9-10-18-31(28)37(24-12-3-2-4-13-24)35(30)27-16-8-7-14-25(22)27/h2-22,25,36H,1H3. The lowest BCUT2D eigenvalue weighted by molar-refractivity contribution is 0.579. The number of rotatable bonds is 1. The van der Waals surface area contributed by atoms with Crippen LogP contribution < -0.4 is 4.90 Å². The summed E-state index contributed by atoms with van der Waals surface area (Å²) in [5.41, 5.74) is 11.3. The van der Waals surface area contributed by atoms with Gasteiger partial charge in [-0.25, -0.2) is 0 Å². The maximum Gasteiger partial charge on any atom is 0.0590 e. The highest BCUT2D eigenvalue weighted by molar-refractivity contribution is 6.17. The van der Waals surface area contributed by atoms with Crippen LogP contribution in [0.2, 0.25) is 0 Å². The summed E-state index contributed by atoms with van der Waals surface area (Å²) in [6.07, 6.45) is 11.6. The molecule has 1 N–H and O–H groups in total. The quantitative estimate of drug-likeness (QED) is 0.257. The molecule has 0 radical (unpaired) electrons. The molecule has 0 saturated carbocycles. The number of allylic oxidation sites excluding steroid dienone is 7. The number of H-pyrrole nitrogens is 1. The number of aromatic nitrogens is 1. The zero-order valence-corrected chi connectivity index (χ0v) is 20.6. The van der Waals surface area contributed by atoms with Gasteiger partial charge in [0, 0.05) is 39.1 Å². The third-order valence-corrected chi connectivity index (χ3v) is 8.21. The monoisotopic (exact) mass is 474 g/mol. The average molecular weight is 475 g/mol. The number of benzene rings is 4. The second-order valence-electron chi connectivity index (χ2n) is 10.3. The van der Waals surface area contributed by atoms with Gasteiger partial charge in [-0.1, -0.05) is 110 Å². The Hall–Kier alpha value is -4.56. The van der Waals surface area contributed by atoms with Crippen molar-refractivity contribution >= 4 is 38.6 Å². The van der Waals surface area contributed by atoms with E-state index in [-0.39, 0.29) is 0 Å². The molecule has 2 unspecified atom stereocenters. The van der Waals surface area contributed by atoms with Crippen molar-refractivity contribution in [2.45, 2.75) is 6.92 Å². The van der Waals surface area contributed by atoms with Gasteiger partial charge in [0.2, 0.25) is 0 Å². The second-order valence-corrected chi connectivity index (χ2v) is 10.3. The number of fused-ring (bicyclic) bond motifs is 10. The maximum absolute atomic E-state index is 3.96. The molecular formula is C35H26N2. The SMILES string of the molecule is CC1C=C2C(=C3C=CC=CC31)N(c1ccccc1)c1ccccc1-c1c2[nH]c2c1ccc1ccccc12. The minimum absolute atomic E-state index is 0.355. The van der Waals surface area contributed by atoms with Crippen LogP contribution in [-0.2, 0) is 0 Å². The van der Waals surface area contributed by atoms with E-state index < -0.39 is 0 Å². The molecule has 0 amide bonds. The molecular weight excluding hydrogens is 448 g/mol. The summed E-state index contributed by atoms with van der Waals surface area (Å²) in [5, 5.41) is 3.80. The van der Waals surface area contributed by atoms with Gasteiger partial charge in [0.15, 0.2) is 0 Å². The molecule has 1 aromatic heterocycles. The first kappa shape index (κ1) is 20.6. The summed E-state index contributed by atoms with van der Waals surface area (Å²) >= 11 is 0. The summed E-state index contributed by atoms with van der Waals surface area (Å²) in [5.74, 6) is 0.749. The van der Waals surface area contributed by atoms with E-state index in [9.17, 15) is 0 Å². The summed E-state index contributed by atoms with van der Waals surface area (Å²) in [6, 6.07) is 33.0. The molecule has 176 valence electrons. The van der Waals surface area contributed by atoms with Crippen LogP contribution in [0.1, 0.15) is 12.6 Å². The number of hydrogen-bond acceptors (Lipinski definition) is 1. The fraction of sp³-hybridized carbons (Fsp3) is 0.0857. The summed E-state index contributed by atoms with van der Waals surface area (Å²) < 4.78 is 0. The Kier molecular flexibility index (Phi) is 4.30. The van der Waals surface area contributed by atoms with Crippen molar-refractivity contribution in [3.63, 3.8) is 0 Å². The third kappa shape index (κ3) is 2.87. The molecule has 2 heteroatoms. The van der Waals surface area contributed by atoms with Gasteiger partial charge in [0.05, 0.1) is 22.6 Å². The van der Waals surface area contributed by atoms with Crippen molar-refractivity contribution in [3.05, 3.63) is 138 Å². The normalized spacial score (nSPS) is 19.8. The van der Waals surface area contributed by atoms with Crippen molar-refractivity contribution in [3.8, 4) is 11.1 Å². The van der Waals surface area contributed by atoms with Crippen molar-refractivity contribution in [2.24, 2.45) is 11.8 Å². The minimum Gasteiger partial charge on any atom is -0.353 e. The molecule has 0 bridgehead atoms. The number of para-hydroxylation sites is 2. The zero-order valence-electron chi connectivity index (χ0n) is 20.6. The Morgan fingerprint density at radius 3 is 2.49 bits per heavy atom. The van der Waals surface area contributed by atoms with Gasteiger partial charge in [-0.3, -0.25) is 0 Å². The van der Waals surface area contributed by atoms with Crippen molar-refractivity contribution in [2.75, 3.05) is 4.90 Å². The molecule has 1 aliphatic heterocycles. The van der Waals surface area contributed by atoms with Crippen molar-refractivity contribution in [1.29, 1.82) is 0 Å². The summed E-state index contributed by atoms with van der Waals surface area (Å²) in [4.78, 5) is 6.44. The average Bonchev–Trinajstić information content (AvgIpc) is 3.30. The van der Waals surface area contributed by atoms with Crippen LogP contribution in [0.5, 0.6) is 0 Å².